The van der Waals surface area contributed by atoms with Crippen molar-refractivity contribution in [2.75, 3.05) is 7.11 Å². The summed E-state index contributed by atoms with van der Waals surface area (Å²) in [5, 5.41) is 0.709. The summed E-state index contributed by atoms with van der Waals surface area (Å²) in [7, 11) is 1.67. The van der Waals surface area contributed by atoms with Crippen LogP contribution in [0.25, 0.3) is 0 Å². The zero-order valence-electron chi connectivity index (χ0n) is 11.1. The summed E-state index contributed by atoms with van der Waals surface area (Å²) in [4.78, 5) is 0. The molecule has 0 fully saturated rings. The van der Waals surface area contributed by atoms with Gasteiger partial charge >= 0.3 is 0 Å². The van der Waals surface area contributed by atoms with Gasteiger partial charge in [0.25, 0.3) is 0 Å². The normalized spacial score (nSPS) is 12.2. The van der Waals surface area contributed by atoms with Crippen LogP contribution in [0.5, 0.6) is 5.75 Å². The molecule has 0 aliphatic carbocycles. The summed E-state index contributed by atoms with van der Waals surface area (Å²) in [5.74, 6) is 6.59. The number of hydrogen-bond acceptors (Lipinski definition) is 3. The van der Waals surface area contributed by atoms with Crippen LogP contribution in [0.2, 0.25) is 5.02 Å². The van der Waals surface area contributed by atoms with Gasteiger partial charge in [-0.15, -0.1) is 0 Å². The Labute approximate surface area is 137 Å². The Morgan fingerprint density at radius 1 is 1.30 bits per heavy atom. The van der Waals surface area contributed by atoms with E-state index in [1.165, 1.54) is 0 Å². The molecule has 20 heavy (non-hydrogen) atoms. The maximum Gasteiger partial charge on any atom is 0.122 e. The first-order valence-electron chi connectivity index (χ1n) is 6.18. The fourth-order valence-electron chi connectivity index (χ4n) is 2.13. The van der Waals surface area contributed by atoms with Crippen LogP contribution in [0.3, 0.4) is 0 Å². The van der Waals surface area contributed by atoms with E-state index >= 15 is 0 Å². The van der Waals surface area contributed by atoms with Gasteiger partial charge in [-0.2, -0.15) is 0 Å². The van der Waals surface area contributed by atoms with E-state index in [-0.39, 0.29) is 6.04 Å². The Morgan fingerprint density at radius 2 is 2.05 bits per heavy atom. The highest BCUT2D eigenvalue weighted by atomic mass is 127. The highest BCUT2D eigenvalue weighted by Gasteiger charge is 2.16. The van der Waals surface area contributed by atoms with Crippen molar-refractivity contribution in [1.82, 2.24) is 5.43 Å². The van der Waals surface area contributed by atoms with Gasteiger partial charge < -0.3 is 4.74 Å². The molecule has 0 radical (unpaired) electrons. The van der Waals surface area contributed by atoms with Gasteiger partial charge in [-0.05, 0) is 64.4 Å². The van der Waals surface area contributed by atoms with Crippen LogP contribution in [0.15, 0.2) is 42.5 Å². The van der Waals surface area contributed by atoms with E-state index in [1.807, 2.05) is 42.5 Å². The van der Waals surface area contributed by atoms with Crippen LogP contribution in [0.1, 0.15) is 17.2 Å². The van der Waals surface area contributed by atoms with E-state index in [9.17, 15) is 0 Å². The van der Waals surface area contributed by atoms with Gasteiger partial charge in [-0.3, -0.25) is 11.3 Å². The summed E-state index contributed by atoms with van der Waals surface area (Å²) in [6, 6.07) is 13.7. The largest absolute Gasteiger partial charge is 0.496 e. The Balaban J connectivity index is 2.31. The van der Waals surface area contributed by atoms with Crippen molar-refractivity contribution in [1.29, 1.82) is 0 Å². The van der Waals surface area contributed by atoms with Crippen LogP contribution in [-0.4, -0.2) is 7.11 Å². The number of nitrogens with two attached hydrogens (primary N) is 1. The molecule has 0 amide bonds. The minimum absolute atomic E-state index is 0.0168. The van der Waals surface area contributed by atoms with Crippen molar-refractivity contribution in [3.63, 3.8) is 0 Å². The lowest BCUT2D eigenvalue weighted by Gasteiger charge is -2.19. The van der Waals surface area contributed by atoms with Crippen LogP contribution in [0, 0.1) is 3.57 Å². The minimum atomic E-state index is -0.0168. The summed E-state index contributed by atoms with van der Waals surface area (Å²) >= 11 is 8.37. The topological polar surface area (TPSA) is 47.3 Å². The van der Waals surface area contributed by atoms with Gasteiger partial charge in [0.05, 0.1) is 13.2 Å². The fraction of sp³-hybridized carbons (Fsp3) is 0.200. The number of para-hydroxylation sites is 1. The number of halogens is 2. The second kappa shape index (κ2) is 7.26. The Morgan fingerprint density at radius 3 is 2.75 bits per heavy atom. The number of hydrazine groups is 1. The average molecular weight is 403 g/mol. The Kier molecular flexibility index (Phi) is 5.65. The molecular weight excluding hydrogens is 387 g/mol. The molecule has 0 heterocycles. The monoisotopic (exact) mass is 402 g/mol. The quantitative estimate of drug-likeness (QED) is 0.455. The molecule has 0 saturated heterocycles. The van der Waals surface area contributed by atoms with Gasteiger partial charge in [0, 0.05) is 8.59 Å². The molecule has 2 rings (SSSR count). The molecule has 1 atom stereocenters. The maximum atomic E-state index is 6.08. The first-order valence-corrected chi connectivity index (χ1v) is 7.64. The van der Waals surface area contributed by atoms with E-state index in [0.29, 0.717) is 5.02 Å². The first-order chi connectivity index (χ1) is 9.65. The molecule has 106 valence electrons. The van der Waals surface area contributed by atoms with Crippen molar-refractivity contribution in [2.45, 2.75) is 12.5 Å². The number of methoxy groups -OCH3 is 1. The third-order valence-electron chi connectivity index (χ3n) is 3.15. The average Bonchev–Trinajstić information content (AvgIpc) is 2.48. The molecule has 0 aromatic heterocycles. The lowest BCUT2D eigenvalue weighted by molar-refractivity contribution is 0.405. The number of nitrogens with one attached hydrogen (secondary N) is 1. The van der Waals surface area contributed by atoms with Gasteiger partial charge in [-0.25, -0.2) is 0 Å². The predicted molar refractivity (Wildman–Crippen MR) is 90.9 cm³/mol. The third-order valence-corrected chi connectivity index (χ3v) is 4.37. The fourth-order valence-corrected chi connectivity index (χ4v) is 3.02. The van der Waals surface area contributed by atoms with E-state index in [0.717, 1.165) is 26.9 Å². The standard InChI is InChI=1S/C15H16ClIN2O/c1-20-15-5-3-2-4-10(15)8-14(19-18)12-9-11(16)6-7-13(12)17/h2-7,9,14,19H,8,18H2,1H3. The van der Waals surface area contributed by atoms with Crippen molar-refractivity contribution in [2.24, 2.45) is 5.84 Å². The lowest BCUT2D eigenvalue weighted by Crippen LogP contribution is -2.30. The van der Waals surface area contributed by atoms with Crippen LogP contribution < -0.4 is 16.0 Å². The summed E-state index contributed by atoms with van der Waals surface area (Å²) in [6.07, 6.45) is 0.733. The first kappa shape index (κ1) is 15.6. The Hall–Kier alpha value is -0.820. The van der Waals surface area contributed by atoms with Crippen LogP contribution in [0.4, 0.5) is 0 Å². The molecular formula is C15H16ClIN2O. The van der Waals surface area contributed by atoms with Gasteiger partial charge in [0.1, 0.15) is 5.75 Å². The van der Waals surface area contributed by atoms with E-state index in [4.69, 9.17) is 22.2 Å². The zero-order valence-corrected chi connectivity index (χ0v) is 14.0. The molecule has 1 unspecified atom stereocenters. The molecule has 2 aromatic carbocycles. The van der Waals surface area contributed by atoms with E-state index < -0.39 is 0 Å². The lowest BCUT2D eigenvalue weighted by atomic mass is 9.99. The molecule has 2 aromatic rings. The van der Waals surface area contributed by atoms with Gasteiger partial charge in [-0.1, -0.05) is 29.8 Å². The summed E-state index contributed by atoms with van der Waals surface area (Å²) in [6.45, 7) is 0. The van der Waals surface area contributed by atoms with Gasteiger partial charge in [0.2, 0.25) is 0 Å². The molecule has 3 N–H and O–H groups in total. The number of hydrogen-bond donors (Lipinski definition) is 2. The molecule has 0 aliphatic heterocycles. The second-order valence-corrected chi connectivity index (χ2v) is 6.00. The predicted octanol–water partition coefficient (Wildman–Crippen LogP) is 3.70. The summed E-state index contributed by atoms with van der Waals surface area (Å²) < 4.78 is 6.51. The van der Waals surface area contributed by atoms with Gasteiger partial charge in [0.15, 0.2) is 0 Å². The SMILES string of the molecule is COc1ccccc1CC(NN)c1cc(Cl)ccc1I. The zero-order chi connectivity index (χ0) is 14.5. The second-order valence-electron chi connectivity index (χ2n) is 4.40. The molecule has 3 nitrogen and oxygen atoms in total. The number of benzene rings is 2. The van der Waals surface area contributed by atoms with Crippen molar-refractivity contribution in [3.05, 3.63) is 62.2 Å². The highest BCUT2D eigenvalue weighted by Crippen LogP contribution is 2.28. The van der Waals surface area contributed by atoms with Crippen molar-refractivity contribution < 1.29 is 4.74 Å². The minimum Gasteiger partial charge on any atom is -0.496 e. The molecule has 0 saturated carbocycles. The molecule has 0 aliphatic rings. The number of ether oxygens (including phenoxy) is 1. The van der Waals surface area contributed by atoms with Crippen LogP contribution in [-0.2, 0) is 6.42 Å². The Bertz CT molecular complexity index is 592. The van der Waals surface area contributed by atoms with Crippen molar-refractivity contribution in [3.8, 4) is 5.75 Å². The smallest absolute Gasteiger partial charge is 0.122 e. The maximum absolute atomic E-state index is 6.08. The van der Waals surface area contributed by atoms with E-state index in [2.05, 4.69) is 28.0 Å². The molecule has 5 heteroatoms. The van der Waals surface area contributed by atoms with E-state index in [1.54, 1.807) is 7.11 Å². The number of rotatable bonds is 5. The third kappa shape index (κ3) is 3.63. The molecule has 0 bridgehead atoms. The highest BCUT2D eigenvalue weighted by molar-refractivity contribution is 14.1. The van der Waals surface area contributed by atoms with Crippen molar-refractivity contribution >= 4 is 34.2 Å². The summed E-state index contributed by atoms with van der Waals surface area (Å²) in [5.41, 5.74) is 5.06. The molecule has 0 spiro atoms. The van der Waals surface area contributed by atoms with Crippen LogP contribution >= 0.6 is 34.2 Å².